The number of rotatable bonds is 7. The molecule has 0 saturated carbocycles. The van der Waals surface area contributed by atoms with E-state index in [1.54, 1.807) is 14.0 Å². The highest BCUT2D eigenvalue weighted by Crippen LogP contribution is 2.32. The Morgan fingerprint density at radius 3 is 2.66 bits per heavy atom. The SMILES string of the molecule is COc1ccc(-c2[nH]c3ccccc3c2CCC(=O)OCc2nc(C)no2)cc1. The number of aromatic amines is 1. The summed E-state index contributed by atoms with van der Waals surface area (Å²) in [6.45, 7) is 1.70. The van der Waals surface area contributed by atoms with Gasteiger partial charge in [-0.3, -0.25) is 4.79 Å². The van der Waals surface area contributed by atoms with Crippen LogP contribution in [-0.4, -0.2) is 28.2 Å². The lowest BCUT2D eigenvalue weighted by molar-refractivity contribution is -0.145. The third-order valence-electron chi connectivity index (χ3n) is 4.70. The van der Waals surface area contributed by atoms with Gasteiger partial charge in [0, 0.05) is 23.0 Å². The van der Waals surface area contributed by atoms with Gasteiger partial charge in [0.1, 0.15) is 5.75 Å². The fourth-order valence-electron chi connectivity index (χ4n) is 3.30. The first-order valence-electron chi connectivity index (χ1n) is 9.33. The molecular weight excluding hydrogens is 370 g/mol. The molecule has 2 aromatic carbocycles. The first-order chi connectivity index (χ1) is 14.1. The predicted molar refractivity (Wildman–Crippen MR) is 107 cm³/mol. The molecule has 0 aliphatic heterocycles. The zero-order valence-corrected chi connectivity index (χ0v) is 16.3. The van der Waals surface area contributed by atoms with Gasteiger partial charge in [0.2, 0.25) is 0 Å². The third kappa shape index (κ3) is 4.13. The number of esters is 1. The number of H-pyrrole nitrogens is 1. The lowest BCUT2D eigenvalue weighted by Crippen LogP contribution is -2.06. The minimum absolute atomic E-state index is 0.0150. The third-order valence-corrected chi connectivity index (χ3v) is 4.70. The average Bonchev–Trinajstić information content (AvgIpc) is 3.34. The van der Waals surface area contributed by atoms with Crippen molar-refractivity contribution in [3.8, 4) is 17.0 Å². The standard InChI is InChI=1S/C22H21N3O4/c1-14-23-20(29-25-14)13-28-21(26)12-11-18-17-5-3-4-6-19(17)24-22(18)15-7-9-16(27-2)10-8-15/h3-10,24H,11-13H2,1-2H3. The maximum atomic E-state index is 12.2. The van der Waals surface area contributed by atoms with Crippen LogP contribution >= 0.6 is 0 Å². The molecule has 2 aromatic heterocycles. The van der Waals surface area contributed by atoms with Crippen molar-refractivity contribution in [1.29, 1.82) is 0 Å². The summed E-state index contributed by atoms with van der Waals surface area (Å²) >= 11 is 0. The van der Waals surface area contributed by atoms with Crippen molar-refractivity contribution in [2.24, 2.45) is 0 Å². The normalized spacial score (nSPS) is 11.0. The van der Waals surface area contributed by atoms with Gasteiger partial charge in [-0.15, -0.1) is 0 Å². The Kier molecular flexibility index (Phi) is 5.29. The molecule has 0 bridgehead atoms. The van der Waals surface area contributed by atoms with Gasteiger partial charge in [-0.2, -0.15) is 4.98 Å². The van der Waals surface area contributed by atoms with Crippen LogP contribution in [0.1, 0.15) is 23.7 Å². The Morgan fingerprint density at radius 2 is 1.93 bits per heavy atom. The Morgan fingerprint density at radius 1 is 1.14 bits per heavy atom. The highest BCUT2D eigenvalue weighted by molar-refractivity contribution is 5.91. The number of carbonyl (C=O) groups excluding carboxylic acids is 1. The fraction of sp³-hybridized carbons (Fsp3) is 0.227. The summed E-state index contributed by atoms with van der Waals surface area (Å²) in [4.78, 5) is 19.8. The zero-order chi connectivity index (χ0) is 20.2. The van der Waals surface area contributed by atoms with Crippen molar-refractivity contribution in [3.05, 3.63) is 65.8 Å². The number of methoxy groups -OCH3 is 1. The van der Waals surface area contributed by atoms with Crippen LogP contribution < -0.4 is 4.74 Å². The van der Waals surface area contributed by atoms with Crippen LogP contribution in [-0.2, 0) is 22.6 Å². The van der Waals surface area contributed by atoms with Gasteiger partial charge in [-0.05, 0) is 54.8 Å². The summed E-state index contributed by atoms with van der Waals surface area (Å²) in [5.41, 5.74) is 4.14. The van der Waals surface area contributed by atoms with Gasteiger partial charge >= 0.3 is 5.97 Å². The van der Waals surface area contributed by atoms with E-state index < -0.39 is 0 Å². The molecule has 7 nitrogen and oxygen atoms in total. The van der Waals surface area contributed by atoms with E-state index in [9.17, 15) is 4.79 Å². The summed E-state index contributed by atoms with van der Waals surface area (Å²) in [7, 11) is 1.64. The second-order valence-electron chi connectivity index (χ2n) is 6.65. The molecule has 0 spiro atoms. The summed E-state index contributed by atoms with van der Waals surface area (Å²) in [6.07, 6.45) is 0.797. The van der Waals surface area contributed by atoms with Crippen LogP contribution in [0, 0.1) is 6.92 Å². The number of hydrogen-bond acceptors (Lipinski definition) is 6. The topological polar surface area (TPSA) is 90.2 Å². The molecular formula is C22H21N3O4. The zero-order valence-electron chi connectivity index (χ0n) is 16.3. The van der Waals surface area contributed by atoms with Crippen molar-refractivity contribution < 1.29 is 18.8 Å². The van der Waals surface area contributed by atoms with Crippen molar-refractivity contribution in [3.63, 3.8) is 0 Å². The number of carbonyl (C=O) groups is 1. The number of nitrogens with one attached hydrogen (secondary N) is 1. The highest BCUT2D eigenvalue weighted by Gasteiger charge is 2.15. The second kappa shape index (κ2) is 8.18. The lowest BCUT2D eigenvalue weighted by atomic mass is 10.0. The molecule has 148 valence electrons. The molecule has 29 heavy (non-hydrogen) atoms. The van der Waals surface area contributed by atoms with Gasteiger partial charge in [-0.25, -0.2) is 0 Å². The molecule has 0 radical (unpaired) electrons. The Hall–Kier alpha value is -3.61. The lowest BCUT2D eigenvalue weighted by Gasteiger charge is -2.07. The average molecular weight is 391 g/mol. The summed E-state index contributed by atoms with van der Waals surface area (Å²) < 4.78 is 15.5. The van der Waals surface area contributed by atoms with E-state index in [1.807, 2.05) is 42.5 Å². The van der Waals surface area contributed by atoms with Gasteiger partial charge in [0.05, 0.1) is 7.11 Å². The van der Waals surface area contributed by atoms with Gasteiger partial charge in [0.25, 0.3) is 5.89 Å². The monoisotopic (exact) mass is 391 g/mol. The molecule has 7 heteroatoms. The number of para-hydroxylation sites is 1. The van der Waals surface area contributed by atoms with E-state index >= 15 is 0 Å². The minimum atomic E-state index is -0.313. The van der Waals surface area contributed by atoms with Crippen molar-refractivity contribution in [1.82, 2.24) is 15.1 Å². The molecule has 0 amide bonds. The molecule has 2 heterocycles. The van der Waals surface area contributed by atoms with Crippen LogP contribution in [0.4, 0.5) is 0 Å². The molecule has 0 fully saturated rings. The number of aromatic nitrogens is 3. The first kappa shape index (κ1) is 18.7. The van der Waals surface area contributed by atoms with E-state index in [4.69, 9.17) is 14.0 Å². The number of aryl methyl sites for hydroxylation is 2. The number of fused-ring (bicyclic) bond motifs is 1. The molecule has 0 aliphatic carbocycles. The maximum absolute atomic E-state index is 12.2. The van der Waals surface area contributed by atoms with Gasteiger partial charge < -0.3 is 19.0 Å². The van der Waals surface area contributed by atoms with Crippen molar-refractivity contribution in [2.75, 3.05) is 7.11 Å². The number of nitrogens with zero attached hydrogens (tertiary/aromatic N) is 2. The van der Waals surface area contributed by atoms with E-state index in [0.717, 1.165) is 33.5 Å². The fourth-order valence-corrected chi connectivity index (χ4v) is 3.30. The summed E-state index contributed by atoms with van der Waals surface area (Å²) in [5, 5.41) is 4.78. The number of ether oxygens (including phenoxy) is 2. The largest absolute Gasteiger partial charge is 0.497 e. The Bertz CT molecular complexity index is 1130. The predicted octanol–water partition coefficient (Wildman–Crippen LogP) is 4.21. The maximum Gasteiger partial charge on any atom is 0.306 e. The second-order valence-corrected chi connectivity index (χ2v) is 6.65. The van der Waals surface area contributed by atoms with Crippen LogP contribution in [0.15, 0.2) is 53.1 Å². The van der Waals surface area contributed by atoms with Crippen LogP contribution in [0.3, 0.4) is 0 Å². The molecule has 0 unspecified atom stereocenters. The molecule has 0 atom stereocenters. The van der Waals surface area contributed by atoms with E-state index in [2.05, 4.69) is 21.2 Å². The smallest absolute Gasteiger partial charge is 0.306 e. The molecule has 4 rings (SSSR count). The number of benzene rings is 2. The molecule has 0 aliphatic rings. The van der Waals surface area contributed by atoms with E-state index in [0.29, 0.717) is 18.1 Å². The van der Waals surface area contributed by atoms with Gasteiger partial charge in [0.15, 0.2) is 12.4 Å². The van der Waals surface area contributed by atoms with Crippen molar-refractivity contribution >= 4 is 16.9 Å². The number of hydrogen-bond donors (Lipinski definition) is 1. The quantitative estimate of drug-likeness (QED) is 0.475. The first-order valence-corrected chi connectivity index (χ1v) is 9.33. The van der Waals surface area contributed by atoms with Crippen LogP contribution in [0.2, 0.25) is 0 Å². The van der Waals surface area contributed by atoms with Crippen LogP contribution in [0.25, 0.3) is 22.2 Å². The highest BCUT2D eigenvalue weighted by atomic mass is 16.6. The summed E-state index contributed by atoms with van der Waals surface area (Å²) in [5.74, 6) is 1.29. The summed E-state index contributed by atoms with van der Waals surface area (Å²) in [6, 6.07) is 15.9. The molecule has 4 aromatic rings. The molecule has 1 N–H and O–H groups in total. The molecule has 0 saturated heterocycles. The van der Waals surface area contributed by atoms with Gasteiger partial charge in [-0.1, -0.05) is 23.4 Å². The van der Waals surface area contributed by atoms with E-state index in [-0.39, 0.29) is 19.0 Å². The van der Waals surface area contributed by atoms with Crippen molar-refractivity contribution in [2.45, 2.75) is 26.4 Å². The minimum Gasteiger partial charge on any atom is -0.497 e. The Balaban J connectivity index is 1.53. The Labute approximate surface area is 167 Å². The van der Waals surface area contributed by atoms with E-state index in [1.165, 1.54) is 0 Å². The van der Waals surface area contributed by atoms with Crippen LogP contribution in [0.5, 0.6) is 5.75 Å².